The summed E-state index contributed by atoms with van der Waals surface area (Å²) in [6.07, 6.45) is 1.09. The van der Waals surface area contributed by atoms with Crippen LogP contribution in [0.3, 0.4) is 0 Å². The van der Waals surface area contributed by atoms with Crippen molar-refractivity contribution in [2.45, 2.75) is 46.1 Å². The Morgan fingerprint density at radius 2 is 1.79 bits per heavy atom. The molecular weight excluding hydrogens is 310 g/mol. The van der Waals surface area contributed by atoms with Crippen molar-refractivity contribution in [1.82, 2.24) is 5.32 Å². The molecule has 0 heterocycles. The summed E-state index contributed by atoms with van der Waals surface area (Å²) in [6.45, 7) is 5.66. The predicted octanol–water partition coefficient (Wildman–Crippen LogP) is 2.66. The lowest BCUT2D eigenvalue weighted by molar-refractivity contribution is -0.142. The summed E-state index contributed by atoms with van der Waals surface area (Å²) in [4.78, 5) is 34.1. The number of ketones is 1. The Morgan fingerprint density at radius 1 is 1.17 bits per heavy atom. The zero-order valence-electron chi connectivity index (χ0n) is 14.4. The first-order chi connectivity index (χ1) is 11.3. The number of carbonyl (C=O) groups is 3. The molecule has 6 heteroatoms. The van der Waals surface area contributed by atoms with Crippen LogP contribution in [0.5, 0.6) is 5.75 Å². The molecule has 0 saturated carbocycles. The van der Waals surface area contributed by atoms with Gasteiger partial charge in [-0.15, -0.1) is 0 Å². The minimum atomic E-state index is -1.01. The first-order valence-corrected chi connectivity index (χ1v) is 8.05. The summed E-state index contributed by atoms with van der Waals surface area (Å²) in [6, 6.07) is 5.94. The van der Waals surface area contributed by atoms with Gasteiger partial charge in [-0.25, -0.2) is 4.79 Å². The third-order valence-corrected chi connectivity index (χ3v) is 3.42. The van der Waals surface area contributed by atoms with Crippen molar-refractivity contribution in [2.75, 3.05) is 6.61 Å². The molecule has 1 aromatic carbocycles. The van der Waals surface area contributed by atoms with Crippen molar-refractivity contribution in [3.05, 3.63) is 29.8 Å². The van der Waals surface area contributed by atoms with Crippen LogP contribution < -0.4 is 10.1 Å². The molecule has 0 aromatic heterocycles. The molecular formula is C18H25NO5. The topological polar surface area (TPSA) is 92.7 Å². The minimum absolute atomic E-state index is 0.00685. The molecule has 0 unspecified atom stereocenters. The Hall–Kier alpha value is -2.37. The number of rotatable bonds is 10. The minimum Gasteiger partial charge on any atom is -0.494 e. The highest BCUT2D eigenvalue weighted by Crippen LogP contribution is 2.13. The van der Waals surface area contributed by atoms with Crippen LogP contribution in [0.1, 0.15) is 50.4 Å². The zero-order chi connectivity index (χ0) is 18.1. The standard InChI is InChI=1S/C18H25NO5/c1-12(2)11-16(18(22)23)19-17(21)5-4-10-24-15-8-6-14(7-9-15)13(3)20/h6-9,12,16H,4-5,10-11H2,1-3H3,(H,19,21)(H,22,23)/t16-/m0/s1. The number of hydrogen-bond donors (Lipinski definition) is 2. The second kappa shape index (κ2) is 9.70. The van der Waals surface area contributed by atoms with Gasteiger partial charge in [0, 0.05) is 12.0 Å². The fraction of sp³-hybridized carbons (Fsp3) is 0.500. The largest absolute Gasteiger partial charge is 0.494 e. The van der Waals surface area contributed by atoms with E-state index in [4.69, 9.17) is 9.84 Å². The molecule has 0 saturated heterocycles. The summed E-state index contributed by atoms with van der Waals surface area (Å²) in [5, 5.41) is 11.6. The molecule has 0 spiro atoms. The van der Waals surface area contributed by atoms with Crippen LogP contribution in [0, 0.1) is 5.92 Å². The van der Waals surface area contributed by atoms with Crippen molar-refractivity contribution in [3.63, 3.8) is 0 Å². The smallest absolute Gasteiger partial charge is 0.326 e. The predicted molar refractivity (Wildman–Crippen MR) is 90.2 cm³/mol. The monoisotopic (exact) mass is 335 g/mol. The summed E-state index contributed by atoms with van der Waals surface area (Å²) in [5.74, 6) is -0.499. The van der Waals surface area contributed by atoms with Crippen molar-refractivity contribution >= 4 is 17.7 Å². The third-order valence-electron chi connectivity index (χ3n) is 3.42. The average molecular weight is 335 g/mol. The normalized spacial score (nSPS) is 11.8. The highest BCUT2D eigenvalue weighted by molar-refractivity contribution is 5.94. The number of carboxylic acid groups (broad SMARTS) is 1. The Kier molecular flexibility index (Phi) is 7.95. The summed E-state index contributed by atoms with van der Waals surface area (Å²) < 4.78 is 5.50. The van der Waals surface area contributed by atoms with Gasteiger partial charge in [-0.3, -0.25) is 9.59 Å². The lowest BCUT2D eigenvalue weighted by atomic mass is 10.0. The van der Waals surface area contributed by atoms with Crippen LogP contribution in [0.25, 0.3) is 0 Å². The molecule has 1 aromatic rings. The lowest BCUT2D eigenvalue weighted by Crippen LogP contribution is -2.41. The molecule has 1 amide bonds. The Morgan fingerprint density at radius 3 is 2.29 bits per heavy atom. The van der Waals surface area contributed by atoms with E-state index in [9.17, 15) is 14.4 Å². The van der Waals surface area contributed by atoms with Crippen molar-refractivity contribution in [3.8, 4) is 5.75 Å². The number of carboxylic acids is 1. The van der Waals surface area contributed by atoms with Gasteiger partial charge >= 0.3 is 5.97 Å². The van der Waals surface area contributed by atoms with Gasteiger partial charge in [-0.05, 0) is 49.9 Å². The van der Waals surface area contributed by atoms with Gasteiger partial charge in [0.05, 0.1) is 6.61 Å². The second-order valence-corrected chi connectivity index (χ2v) is 6.12. The van der Waals surface area contributed by atoms with Gasteiger partial charge in [0.25, 0.3) is 0 Å². The van der Waals surface area contributed by atoms with Gasteiger partial charge in [0.15, 0.2) is 5.78 Å². The van der Waals surface area contributed by atoms with Crippen LogP contribution in [-0.2, 0) is 9.59 Å². The van der Waals surface area contributed by atoms with Gasteiger partial charge < -0.3 is 15.2 Å². The number of carbonyl (C=O) groups excluding carboxylic acids is 2. The van der Waals surface area contributed by atoms with E-state index in [1.807, 2.05) is 13.8 Å². The Bertz CT molecular complexity index is 565. The summed E-state index contributed by atoms with van der Waals surface area (Å²) >= 11 is 0. The molecule has 132 valence electrons. The summed E-state index contributed by atoms with van der Waals surface area (Å²) in [7, 11) is 0. The molecule has 0 aliphatic rings. The average Bonchev–Trinajstić information content (AvgIpc) is 2.50. The highest BCUT2D eigenvalue weighted by atomic mass is 16.5. The van der Waals surface area contributed by atoms with Gasteiger partial charge in [0.1, 0.15) is 11.8 Å². The van der Waals surface area contributed by atoms with Crippen LogP contribution in [-0.4, -0.2) is 35.4 Å². The number of hydrogen-bond acceptors (Lipinski definition) is 4. The highest BCUT2D eigenvalue weighted by Gasteiger charge is 2.20. The van der Waals surface area contributed by atoms with Gasteiger partial charge in [0.2, 0.25) is 5.91 Å². The Balaban J connectivity index is 2.32. The molecule has 0 fully saturated rings. The quantitative estimate of drug-likeness (QED) is 0.506. The van der Waals surface area contributed by atoms with E-state index in [-0.39, 0.29) is 24.0 Å². The van der Waals surface area contributed by atoms with E-state index in [1.165, 1.54) is 6.92 Å². The molecule has 2 N–H and O–H groups in total. The van der Waals surface area contributed by atoms with Crippen molar-refractivity contribution in [1.29, 1.82) is 0 Å². The molecule has 0 bridgehead atoms. The van der Waals surface area contributed by atoms with E-state index in [0.717, 1.165) is 0 Å². The molecule has 0 aliphatic heterocycles. The van der Waals surface area contributed by atoms with Gasteiger partial charge in [-0.1, -0.05) is 13.8 Å². The number of benzene rings is 1. The first kappa shape index (κ1) is 19.7. The van der Waals surface area contributed by atoms with E-state index in [0.29, 0.717) is 30.8 Å². The van der Waals surface area contributed by atoms with E-state index in [2.05, 4.69) is 5.32 Å². The molecule has 6 nitrogen and oxygen atoms in total. The SMILES string of the molecule is CC(=O)c1ccc(OCCCC(=O)N[C@@H](CC(C)C)C(=O)O)cc1. The maximum atomic E-state index is 11.8. The first-order valence-electron chi connectivity index (χ1n) is 8.05. The van der Waals surface area contributed by atoms with E-state index < -0.39 is 12.0 Å². The maximum absolute atomic E-state index is 11.8. The van der Waals surface area contributed by atoms with Crippen molar-refractivity contribution in [2.24, 2.45) is 5.92 Å². The molecule has 0 radical (unpaired) electrons. The van der Waals surface area contributed by atoms with E-state index >= 15 is 0 Å². The molecule has 24 heavy (non-hydrogen) atoms. The fourth-order valence-corrected chi connectivity index (χ4v) is 2.17. The van der Waals surface area contributed by atoms with Crippen molar-refractivity contribution < 1.29 is 24.2 Å². The summed E-state index contributed by atoms with van der Waals surface area (Å²) in [5.41, 5.74) is 0.617. The second-order valence-electron chi connectivity index (χ2n) is 6.12. The van der Waals surface area contributed by atoms with Crippen LogP contribution in [0.15, 0.2) is 24.3 Å². The van der Waals surface area contributed by atoms with Crippen LogP contribution in [0.2, 0.25) is 0 Å². The maximum Gasteiger partial charge on any atom is 0.326 e. The molecule has 1 atom stereocenters. The number of nitrogens with one attached hydrogen (secondary N) is 1. The van der Waals surface area contributed by atoms with E-state index in [1.54, 1.807) is 24.3 Å². The third kappa shape index (κ3) is 7.26. The number of amides is 1. The molecule has 1 rings (SSSR count). The van der Waals surface area contributed by atoms with Crippen LogP contribution in [0.4, 0.5) is 0 Å². The zero-order valence-corrected chi connectivity index (χ0v) is 14.4. The van der Waals surface area contributed by atoms with Gasteiger partial charge in [-0.2, -0.15) is 0 Å². The number of ether oxygens (including phenoxy) is 1. The Labute approximate surface area is 142 Å². The number of Topliss-reactive ketones (excluding diaryl/α,β-unsaturated/α-hetero) is 1. The van der Waals surface area contributed by atoms with Crippen LogP contribution >= 0.6 is 0 Å². The fourth-order valence-electron chi connectivity index (χ4n) is 2.17. The lowest BCUT2D eigenvalue weighted by Gasteiger charge is -2.16. The molecule has 0 aliphatic carbocycles. The number of aliphatic carboxylic acids is 1.